The van der Waals surface area contributed by atoms with Gasteiger partial charge < -0.3 is 4.74 Å². The van der Waals surface area contributed by atoms with Crippen LogP contribution in [-0.4, -0.2) is 17.4 Å². The van der Waals surface area contributed by atoms with E-state index in [1.807, 2.05) is 31.2 Å². The fourth-order valence-corrected chi connectivity index (χ4v) is 2.19. The van der Waals surface area contributed by atoms with E-state index in [4.69, 9.17) is 4.74 Å². The summed E-state index contributed by atoms with van der Waals surface area (Å²) in [6.45, 7) is 2.60. The van der Waals surface area contributed by atoms with Crippen molar-refractivity contribution >= 4 is 5.78 Å². The number of hydrogen-bond acceptors (Lipinski definition) is 3. The Hall–Kier alpha value is -2.16. The molecule has 0 spiro atoms. The topological polar surface area (TPSA) is 39.2 Å². The standard InChI is InChI=1S/C15H13NO2/c1-10-3-2-7-16-14(10)15(17)12-4-5-13-11(9-12)6-8-18-13/h2-5,7,9H,6,8H2,1H3. The molecule has 3 nitrogen and oxygen atoms in total. The summed E-state index contributed by atoms with van der Waals surface area (Å²) in [5.41, 5.74) is 3.21. The lowest BCUT2D eigenvalue weighted by molar-refractivity contribution is 0.103. The largest absolute Gasteiger partial charge is 0.493 e. The van der Waals surface area contributed by atoms with Crippen LogP contribution in [0.25, 0.3) is 0 Å². The Morgan fingerprint density at radius 3 is 3.06 bits per heavy atom. The molecule has 1 aliphatic heterocycles. The molecule has 1 aromatic carbocycles. The third kappa shape index (κ3) is 1.78. The Kier molecular flexibility index (Phi) is 2.59. The lowest BCUT2D eigenvalue weighted by Crippen LogP contribution is -2.06. The summed E-state index contributed by atoms with van der Waals surface area (Å²) >= 11 is 0. The highest BCUT2D eigenvalue weighted by Crippen LogP contribution is 2.26. The van der Waals surface area contributed by atoms with Crippen molar-refractivity contribution in [2.45, 2.75) is 13.3 Å². The zero-order chi connectivity index (χ0) is 12.5. The highest BCUT2D eigenvalue weighted by atomic mass is 16.5. The van der Waals surface area contributed by atoms with E-state index in [1.54, 1.807) is 12.3 Å². The molecule has 0 saturated heterocycles. The van der Waals surface area contributed by atoms with Crippen LogP contribution >= 0.6 is 0 Å². The van der Waals surface area contributed by atoms with Crippen LogP contribution in [0, 0.1) is 6.92 Å². The van der Waals surface area contributed by atoms with Crippen LogP contribution < -0.4 is 4.74 Å². The van der Waals surface area contributed by atoms with Crippen LogP contribution in [0.2, 0.25) is 0 Å². The summed E-state index contributed by atoms with van der Waals surface area (Å²) in [6.07, 6.45) is 2.52. The van der Waals surface area contributed by atoms with Crippen LogP contribution in [0.1, 0.15) is 27.2 Å². The number of carbonyl (C=O) groups excluding carboxylic acids is 1. The quantitative estimate of drug-likeness (QED) is 0.756. The van der Waals surface area contributed by atoms with Gasteiger partial charge in [-0.25, -0.2) is 0 Å². The molecule has 3 rings (SSSR count). The van der Waals surface area contributed by atoms with Gasteiger partial charge in [0.1, 0.15) is 11.4 Å². The third-order valence-electron chi connectivity index (χ3n) is 3.18. The average Bonchev–Trinajstić information content (AvgIpc) is 2.85. The molecule has 0 N–H and O–H groups in total. The Morgan fingerprint density at radius 2 is 2.22 bits per heavy atom. The molecule has 0 unspecified atom stereocenters. The number of ketones is 1. The second kappa shape index (κ2) is 4.26. The number of benzene rings is 1. The van der Waals surface area contributed by atoms with Gasteiger partial charge >= 0.3 is 0 Å². The number of aromatic nitrogens is 1. The number of aryl methyl sites for hydroxylation is 1. The maximum absolute atomic E-state index is 12.4. The van der Waals surface area contributed by atoms with Crippen molar-refractivity contribution in [3.05, 3.63) is 58.9 Å². The Balaban J connectivity index is 2.01. The van der Waals surface area contributed by atoms with Crippen molar-refractivity contribution in [2.75, 3.05) is 6.61 Å². The van der Waals surface area contributed by atoms with Crippen LogP contribution in [0.15, 0.2) is 36.5 Å². The van der Waals surface area contributed by atoms with Crippen molar-refractivity contribution in [1.82, 2.24) is 4.98 Å². The van der Waals surface area contributed by atoms with Gasteiger partial charge in [-0.15, -0.1) is 0 Å². The number of hydrogen-bond donors (Lipinski definition) is 0. The summed E-state index contributed by atoms with van der Waals surface area (Å²) in [7, 11) is 0. The number of nitrogens with zero attached hydrogens (tertiary/aromatic N) is 1. The minimum absolute atomic E-state index is 0.0252. The van der Waals surface area contributed by atoms with E-state index in [0.717, 1.165) is 23.3 Å². The van der Waals surface area contributed by atoms with Gasteiger partial charge in [0, 0.05) is 18.2 Å². The molecule has 18 heavy (non-hydrogen) atoms. The van der Waals surface area contributed by atoms with Gasteiger partial charge in [-0.05, 0) is 42.3 Å². The molecule has 0 bridgehead atoms. The van der Waals surface area contributed by atoms with E-state index in [9.17, 15) is 4.79 Å². The number of carbonyl (C=O) groups is 1. The number of rotatable bonds is 2. The maximum Gasteiger partial charge on any atom is 0.211 e. The van der Waals surface area contributed by atoms with Crippen molar-refractivity contribution in [3.63, 3.8) is 0 Å². The fraction of sp³-hybridized carbons (Fsp3) is 0.200. The molecular weight excluding hydrogens is 226 g/mol. The fourth-order valence-electron chi connectivity index (χ4n) is 2.19. The minimum Gasteiger partial charge on any atom is -0.493 e. The second-order valence-electron chi connectivity index (χ2n) is 4.42. The normalized spacial score (nSPS) is 12.9. The van der Waals surface area contributed by atoms with E-state index >= 15 is 0 Å². The van der Waals surface area contributed by atoms with Gasteiger partial charge in [-0.2, -0.15) is 0 Å². The highest BCUT2D eigenvalue weighted by Gasteiger charge is 2.17. The lowest BCUT2D eigenvalue weighted by atomic mass is 10.0. The van der Waals surface area contributed by atoms with E-state index in [1.165, 1.54) is 0 Å². The number of pyridine rings is 1. The predicted molar refractivity (Wildman–Crippen MR) is 68.0 cm³/mol. The molecule has 0 radical (unpaired) electrons. The van der Waals surface area contributed by atoms with Crippen molar-refractivity contribution in [3.8, 4) is 5.75 Å². The predicted octanol–water partition coefficient (Wildman–Crippen LogP) is 2.56. The first-order chi connectivity index (χ1) is 8.75. The zero-order valence-electron chi connectivity index (χ0n) is 10.1. The zero-order valence-corrected chi connectivity index (χ0v) is 10.1. The van der Waals surface area contributed by atoms with Crippen molar-refractivity contribution < 1.29 is 9.53 Å². The van der Waals surface area contributed by atoms with Crippen LogP contribution in [-0.2, 0) is 6.42 Å². The monoisotopic (exact) mass is 239 g/mol. The van der Waals surface area contributed by atoms with E-state index < -0.39 is 0 Å². The van der Waals surface area contributed by atoms with E-state index in [0.29, 0.717) is 17.9 Å². The summed E-state index contributed by atoms with van der Waals surface area (Å²) in [4.78, 5) is 16.5. The van der Waals surface area contributed by atoms with E-state index in [2.05, 4.69) is 4.98 Å². The molecule has 0 atom stereocenters. The first kappa shape index (κ1) is 11.0. The summed E-state index contributed by atoms with van der Waals surface area (Å²) in [5, 5.41) is 0. The smallest absolute Gasteiger partial charge is 0.211 e. The van der Waals surface area contributed by atoms with Gasteiger partial charge in [-0.3, -0.25) is 9.78 Å². The van der Waals surface area contributed by atoms with Crippen molar-refractivity contribution in [1.29, 1.82) is 0 Å². The number of fused-ring (bicyclic) bond motifs is 1. The van der Waals surface area contributed by atoms with Gasteiger partial charge in [0.25, 0.3) is 0 Å². The summed E-state index contributed by atoms with van der Waals surface area (Å²) in [6, 6.07) is 9.33. The molecular formula is C15H13NO2. The molecule has 3 heteroatoms. The number of ether oxygens (including phenoxy) is 1. The van der Waals surface area contributed by atoms with Crippen LogP contribution in [0.3, 0.4) is 0 Å². The Labute approximate surface area is 105 Å². The van der Waals surface area contributed by atoms with Gasteiger partial charge in [0.15, 0.2) is 0 Å². The lowest BCUT2D eigenvalue weighted by Gasteiger charge is -2.05. The molecule has 1 aromatic heterocycles. The molecule has 0 aliphatic carbocycles. The van der Waals surface area contributed by atoms with Crippen molar-refractivity contribution in [2.24, 2.45) is 0 Å². The second-order valence-corrected chi connectivity index (χ2v) is 4.42. The maximum atomic E-state index is 12.4. The molecule has 90 valence electrons. The first-order valence-corrected chi connectivity index (χ1v) is 5.98. The molecule has 2 heterocycles. The SMILES string of the molecule is Cc1cccnc1C(=O)c1ccc2c(c1)CCO2. The van der Waals surface area contributed by atoms with Gasteiger partial charge in [-0.1, -0.05) is 6.07 Å². The van der Waals surface area contributed by atoms with Crippen LogP contribution in [0.5, 0.6) is 5.75 Å². The summed E-state index contributed by atoms with van der Waals surface area (Å²) < 4.78 is 5.44. The van der Waals surface area contributed by atoms with E-state index in [-0.39, 0.29) is 5.78 Å². The molecule has 1 aliphatic rings. The average molecular weight is 239 g/mol. The summed E-state index contributed by atoms with van der Waals surface area (Å²) in [5.74, 6) is 0.868. The van der Waals surface area contributed by atoms with Gasteiger partial charge in [0.2, 0.25) is 5.78 Å². The highest BCUT2D eigenvalue weighted by molar-refractivity contribution is 6.08. The Bertz CT molecular complexity index is 620. The van der Waals surface area contributed by atoms with Gasteiger partial charge in [0.05, 0.1) is 6.61 Å². The molecule has 0 fully saturated rings. The van der Waals surface area contributed by atoms with Crippen LogP contribution in [0.4, 0.5) is 0 Å². The Morgan fingerprint density at radius 1 is 1.33 bits per heavy atom. The molecule has 0 saturated carbocycles. The molecule has 0 amide bonds. The third-order valence-corrected chi connectivity index (χ3v) is 3.18. The molecule has 2 aromatic rings. The minimum atomic E-state index is -0.0252. The first-order valence-electron chi connectivity index (χ1n) is 5.98.